The number of carbonyl (C=O) groups is 2. The van der Waals surface area contributed by atoms with Crippen molar-refractivity contribution in [2.24, 2.45) is 5.73 Å². The van der Waals surface area contributed by atoms with Crippen LogP contribution in [0.3, 0.4) is 0 Å². The van der Waals surface area contributed by atoms with Crippen molar-refractivity contribution in [2.45, 2.75) is 38.4 Å². The number of fused-ring (bicyclic) bond motifs is 1. The van der Waals surface area contributed by atoms with E-state index in [0.29, 0.717) is 6.07 Å². The Hall–Kier alpha value is -2.90. The molecule has 3 rings (SSSR count). The molecule has 1 aliphatic rings. The second-order valence-corrected chi connectivity index (χ2v) is 6.50. The van der Waals surface area contributed by atoms with Crippen LogP contribution in [0, 0.1) is 0 Å². The van der Waals surface area contributed by atoms with E-state index in [4.69, 9.17) is 5.73 Å². The fourth-order valence-electron chi connectivity index (χ4n) is 3.31. The Morgan fingerprint density at radius 2 is 1.70 bits per heavy atom. The number of nitrogens with zero attached hydrogens (tertiary/aromatic N) is 1. The number of primary amides is 1. The van der Waals surface area contributed by atoms with Crippen LogP contribution in [-0.4, -0.2) is 16.3 Å². The van der Waals surface area contributed by atoms with Crippen molar-refractivity contribution in [3.8, 4) is 0 Å². The van der Waals surface area contributed by atoms with E-state index in [1.54, 1.807) is 18.2 Å². The number of ketones is 1. The maximum atomic E-state index is 13.3. The summed E-state index contributed by atoms with van der Waals surface area (Å²) in [7, 11) is 0. The summed E-state index contributed by atoms with van der Waals surface area (Å²) in [6.07, 6.45) is -1.09. The van der Waals surface area contributed by atoms with Crippen LogP contribution in [0.4, 0.5) is 13.2 Å². The summed E-state index contributed by atoms with van der Waals surface area (Å²) in [5, 5.41) is 0. The van der Waals surface area contributed by atoms with E-state index >= 15 is 0 Å². The van der Waals surface area contributed by atoms with Gasteiger partial charge in [-0.1, -0.05) is 12.1 Å². The van der Waals surface area contributed by atoms with Gasteiger partial charge in [0.2, 0.25) is 0 Å². The van der Waals surface area contributed by atoms with Gasteiger partial charge in [0, 0.05) is 5.56 Å². The number of Topliss-reactive ketones (excluding diaryl/α,β-unsaturated/α-hetero) is 1. The van der Waals surface area contributed by atoms with Crippen molar-refractivity contribution in [3.63, 3.8) is 0 Å². The summed E-state index contributed by atoms with van der Waals surface area (Å²) in [5.74, 6) is -1.79. The van der Waals surface area contributed by atoms with Crippen LogP contribution in [0.15, 0.2) is 35.1 Å². The van der Waals surface area contributed by atoms with Crippen molar-refractivity contribution >= 4 is 11.7 Å². The molecule has 1 amide bonds. The van der Waals surface area contributed by atoms with Gasteiger partial charge in [0.15, 0.2) is 5.78 Å². The lowest BCUT2D eigenvalue weighted by molar-refractivity contribution is -0.144. The van der Waals surface area contributed by atoms with Crippen LogP contribution in [0.1, 0.15) is 50.4 Å². The fraction of sp³-hybridized carbons (Fsp3) is 0.316. The number of carbonyl (C=O) groups excluding carboxylic acids is 2. The number of nitrogens with two attached hydrogens (primary N) is 1. The van der Waals surface area contributed by atoms with Gasteiger partial charge in [-0.2, -0.15) is 13.2 Å². The van der Waals surface area contributed by atoms with E-state index in [1.165, 1.54) is 0 Å². The number of pyridine rings is 1. The Bertz CT molecular complexity index is 977. The molecular formula is C19H17F3N2O3. The Labute approximate surface area is 152 Å². The highest BCUT2D eigenvalue weighted by atomic mass is 19.4. The van der Waals surface area contributed by atoms with Gasteiger partial charge >= 0.3 is 6.18 Å². The Balaban J connectivity index is 2.01. The molecule has 5 nitrogen and oxygen atoms in total. The van der Waals surface area contributed by atoms with Crippen molar-refractivity contribution in [1.82, 2.24) is 4.57 Å². The standard InChI is InChI=1S/C19H17F3N2O3/c20-19(21,22)16-8-7-14(17(23)26)18(27)24(16)10-15(25)13-6-5-11-3-1-2-4-12(11)9-13/h5-9H,1-4,10H2,(H2,23,26). The van der Waals surface area contributed by atoms with Crippen LogP contribution >= 0.6 is 0 Å². The molecule has 1 aliphatic carbocycles. The molecule has 0 unspecified atom stereocenters. The maximum absolute atomic E-state index is 13.3. The molecule has 27 heavy (non-hydrogen) atoms. The van der Waals surface area contributed by atoms with Gasteiger partial charge in [-0.05, 0) is 55.0 Å². The quantitative estimate of drug-likeness (QED) is 0.831. The van der Waals surface area contributed by atoms with E-state index in [9.17, 15) is 27.6 Å². The summed E-state index contributed by atoms with van der Waals surface area (Å²) < 4.78 is 40.0. The number of aromatic nitrogens is 1. The molecule has 2 N–H and O–H groups in total. The molecule has 0 fully saturated rings. The summed E-state index contributed by atoms with van der Waals surface area (Å²) >= 11 is 0. The van der Waals surface area contributed by atoms with Gasteiger partial charge < -0.3 is 5.73 Å². The highest BCUT2D eigenvalue weighted by Gasteiger charge is 2.35. The number of rotatable bonds is 4. The van der Waals surface area contributed by atoms with Crippen LogP contribution in [0.2, 0.25) is 0 Å². The Kier molecular flexibility index (Phi) is 4.91. The number of hydrogen-bond donors (Lipinski definition) is 1. The van der Waals surface area contributed by atoms with Gasteiger partial charge in [0.25, 0.3) is 11.5 Å². The SMILES string of the molecule is NC(=O)c1ccc(C(F)(F)F)n(CC(=O)c2ccc3c(c2)CCCC3)c1=O. The predicted octanol–water partition coefficient (Wildman–Crippen LogP) is 2.73. The van der Waals surface area contributed by atoms with Gasteiger partial charge in [-0.25, -0.2) is 0 Å². The number of halogens is 3. The monoisotopic (exact) mass is 378 g/mol. The molecule has 2 aromatic rings. The van der Waals surface area contributed by atoms with Crippen LogP contribution < -0.4 is 11.3 Å². The number of benzene rings is 1. The first-order valence-corrected chi connectivity index (χ1v) is 8.44. The number of amides is 1. The highest BCUT2D eigenvalue weighted by molar-refractivity contribution is 5.96. The molecule has 0 saturated carbocycles. The lowest BCUT2D eigenvalue weighted by Gasteiger charge is -2.18. The number of aryl methyl sites for hydroxylation is 2. The van der Waals surface area contributed by atoms with Gasteiger partial charge in [0.05, 0.1) is 6.54 Å². The van der Waals surface area contributed by atoms with Crippen molar-refractivity contribution in [1.29, 1.82) is 0 Å². The maximum Gasteiger partial charge on any atom is 0.431 e. The average molecular weight is 378 g/mol. The molecule has 1 heterocycles. The Morgan fingerprint density at radius 1 is 1.04 bits per heavy atom. The molecule has 0 spiro atoms. The number of hydrogen-bond acceptors (Lipinski definition) is 3. The molecule has 0 atom stereocenters. The van der Waals surface area contributed by atoms with Crippen LogP contribution in [0.25, 0.3) is 0 Å². The molecule has 1 aromatic carbocycles. The summed E-state index contributed by atoms with van der Waals surface area (Å²) in [6, 6.07) is 6.35. The van der Waals surface area contributed by atoms with Crippen molar-refractivity contribution in [2.75, 3.05) is 0 Å². The largest absolute Gasteiger partial charge is 0.431 e. The first-order valence-electron chi connectivity index (χ1n) is 8.44. The summed E-state index contributed by atoms with van der Waals surface area (Å²) in [5.41, 5.74) is 4.28. The first kappa shape index (κ1) is 18.9. The first-order chi connectivity index (χ1) is 12.7. The molecule has 0 aliphatic heterocycles. The van der Waals surface area contributed by atoms with Gasteiger partial charge in [-0.3, -0.25) is 19.0 Å². The third-order valence-corrected chi connectivity index (χ3v) is 4.70. The zero-order chi connectivity index (χ0) is 19.8. The molecule has 0 bridgehead atoms. The minimum absolute atomic E-state index is 0.236. The molecular weight excluding hydrogens is 361 g/mol. The highest BCUT2D eigenvalue weighted by Crippen LogP contribution is 2.29. The normalized spacial score (nSPS) is 13.9. The fourth-order valence-corrected chi connectivity index (χ4v) is 3.31. The number of alkyl halides is 3. The van der Waals surface area contributed by atoms with Crippen LogP contribution in [-0.2, 0) is 25.6 Å². The third kappa shape index (κ3) is 3.79. The van der Waals surface area contributed by atoms with Crippen molar-refractivity contribution < 1.29 is 22.8 Å². The summed E-state index contributed by atoms with van der Waals surface area (Å²) in [6.45, 7) is -0.826. The zero-order valence-electron chi connectivity index (χ0n) is 14.3. The minimum Gasteiger partial charge on any atom is -0.365 e. The zero-order valence-corrected chi connectivity index (χ0v) is 14.3. The second kappa shape index (κ2) is 7.02. The third-order valence-electron chi connectivity index (χ3n) is 4.70. The molecule has 1 aromatic heterocycles. The topological polar surface area (TPSA) is 82.2 Å². The van der Waals surface area contributed by atoms with E-state index in [2.05, 4.69) is 0 Å². The smallest absolute Gasteiger partial charge is 0.365 e. The van der Waals surface area contributed by atoms with Crippen LogP contribution in [0.5, 0.6) is 0 Å². The van der Waals surface area contributed by atoms with E-state index in [-0.39, 0.29) is 10.1 Å². The molecule has 0 radical (unpaired) electrons. The van der Waals surface area contributed by atoms with E-state index in [0.717, 1.165) is 42.9 Å². The van der Waals surface area contributed by atoms with Gasteiger partial charge in [0.1, 0.15) is 11.3 Å². The lowest BCUT2D eigenvalue weighted by Crippen LogP contribution is -2.35. The molecule has 0 saturated heterocycles. The molecule has 142 valence electrons. The van der Waals surface area contributed by atoms with Crippen molar-refractivity contribution in [3.05, 3.63) is 68.6 Å². The average Bonchev–Trinajstić information content (AvgIpc) is 2.61. The van der Waals surface area contributed by atoms with E-state index < -0.39 is 41.2 Å². The molecule has 8 heteroatoms. The minimum atomic E-state index is -4.86. The second-order valence-electron chi connectivity index (χ2n) is 6.50. The van der Waals surface area contributed by atoms with E-state index in [1.807, 2.05) is 0 Å². The predicted molar refractivity (Wildman–Crippen MR) is 91.6 cm³/mol. The Morgan fingerprint density at radius 3 is 2.33 bits per heavy atom. The van der Waals surface area contributed by atoms with Gasteiger partial charge in [-0.15, -0.1) is 0 Å². The summed E-state index contributed by atoms with van der Waals surface area (Å²) in [4.78, 5) is 36.2. The lowest BCUT2D eigenvalue weighted by atomic mass is 9.90.